The fraction of sp³-hybridized carbons (Fsp3) is 0.312. The molecule has 1 amide bonds. The van der Waals surface area contributed by atoms with Crippen LogP contribution in [0.25, 0.3) is 0 Å². The van der Waals surface area contributed by atoms with Gasteiger partial charge in [-0.3, -0.25) is 4.79 Å². The standard InChI is InChI=1S/C16H19ClN4O/c1-3-4-9-18-16(22)13-7-8-15(21-20-13)19-14-10-12(17)6-5-11(14)2/h5-8,10H,3-4,9H2,1-2H3,(H,18,22)(H,19,21). The van der Waals surface area contributed by atoms with Gasteiger partial charge in [-0.05, 0) is 43.2 Å². The van der Waals surface area contributed by atoms with Crippen LogP contribution in [0.5, 0.6) is 0 Å². The summed E-state index contributed by atoms with van der Waals surface area (Å²) >= 11 is 5.98. The monoisotopic (exact) mass is 318 g/mol. The van der Waals surface area contributed by atoms with Crippen molar-refractivity contribution in [3.63, 3.8) is 0 Å². The van der Waals surface area contributed by atoms with E-state index in [-0.39, 0.29) is 5.91 Å². The van der Waals surface area contributed by atoms with Gasteiger partial charge >= 0.3 is 0 Å². The van der Waals surface area contributed by atoms with Crippen molar-refractivity contribution >= 4 is 29.0 Å². The zero-order valence-electron chi connectivity index (χ0n) is 12.7. The van der Waals surface area contributed by atoms with Crippen LogP contribution in [0.3, 0.4) is 0 Å². The number of hydrogen-bond acceptors (Lipinski definition) is 4. The molecule has 0 saturated heterocycles. The summed E-state index contributed by atoms with van der Waals surface area (Å²) < 4.78 is 0. The van der Waals surface area contributed by atoms with Gasteiger partial charge in [0.25, 0.3) is 5.91 Å². The third kappa shape index (κ3) is 4.43. The highest BCUT2D eigenvalue weighted by molar-refractivity contribution is 6.30. The predicted molar refractivity (Wildman–Crippen MR) is 88.7 cm³/mol. The van der Waals surface area contributed by atoms with Crippen LogP contribution in [-0.4, -0.2) is 22.6 Å². The van der Waals surface area contributed by atoms with E-state index < -0.39 is 0 Å². The Morgan fingerprint density at radius 1 is 1.23 bits per heavy atom. The van der Waals surface area contributed by atoms with Crippen molar-refractivity contribution in [2.75, 3.05) is 11.9 Å². The van der Waals surface area contributed by atoms with Crippen LogP contribution in [0.15, 0.2) is 30.3 Å². The van der Waals surface area contributed by atoms with Crippen LogP contribution in [0.2, 0.25) is 5.02 Å². The third-order valence-electron chi connectivity index (χ3n) is 3.18. The number of benzene rings is 1. The van der Waals surface area contributed by atoms with Crippen molar-refractivity contribution in [1.82, 2.24) is 15.5 Å². The van der Waals surface area contributed by atoms with Gasteiger partial charge in [0, 0.05) is 17.3 Å². The Balaban J connectivity index is 2.02. The van der Waals surface area contributed by atoms with Crippen LogP contribution in [0.1, 0.15) is 35.8 Å². The number of amides is 1. The maximum Gasteiger partial charge on any atom is 0.271 e. The quantitative estimate of drug-likeness (QED) is 0.797. The molecule has 0 aliphatic carbocycles. The first-order valence-corrected chi connectivity index (χ1v) is 7.63. The number of hydrogen-bond donors (Lipinski definition) is 2. The summed E-state index contributed by atoms with van der Waals surface area (Å²) in [6.07, 6.45) is 1.99. The normalized spacial score (nSPS) is 10.3. The molecule has 1 aromatic heterocycles. The van der Waals surface area contributed by atoms with E-state index in [1.807, 2.05) is 25.1 Å². The Hall–Kier alpha value is -2.14. The minimum atomic E-state index is -0.202. The van der Waals surface area contributed by atoms with E-state index in [4.69, 9.17) is 11.6 Å². The van der Waals surface area contributed by atoms with Crippen molar-refractivity contribution in [1.29, 1.82) is 0 Å². The highest BCUT2D eigenvalue weighted by Gasteiger charge is 2.08. The Labute approximate surface area is 135 Å². The van der Waals surface area contributed by atoms with Gasteiger partial charge in [0.1, 0.15) is 0 Å². The molecule has 2 aromatic rings. The molecule has 0 unspecified atom stereocenters. The number of rotatable bonds is 6. The summed E-state index contributed by atoms with van der Waals surface area (Å²) in [7, 11) is 0. The number of carbonyl (C=O) groups is 1. The number of anilines is 2. The van der Waals surface area contributed by atoms with E-state index in [9.17, 15) is 4.79 Å². The average molecular weight is 319 g/mol. The van der Waals surface area contributed by atoms with Gasteiger partial charge in [-0.1, -0.05) is 31.0 Å². The zero-order valence-corrected chi connectivity index (χ0v) is 13.4. The van der Waals surface area contributed by atoms with Crippen molar-refractivity contribution in [2.45, 2.75) is 26.7 Å². The lowest BCUT2D eigenvalue weighted by atomic mass is 10.2. The second-order valence-corrected chi connectivity index (χ2v) is 5.43. The van der Waals surface area contributed by atoms with Crippen molar-refractivity contribution < 1.29 is 4.79 Å². The van der Waals surface area contributed by atoms with Crippen molar-refractivity contribution in [3.05, 3.63) is 46.6 Å². The smallest absolute Gasteiger partial charge is 0.271 e. The van der Waals surface area contributed by atoms with Gasteiger partial charge in [0.05, 0.1) is 0 Å². The number of nitrogens with one attached hydrogen (secondary N) is 2. The highest BCUT2D eigenvalue weighted by Crippen LogP contribution is 2.22. The highest BCUT2D eigenvalue weighted by atomic mass is 35.5. The van der Waals surface area contributed by atoms with E-state index in [1.165, 1.54) is 0 Å². The summed E-state index contributed by atoms with van der Waals surface area (Å²) in [6.45, 7) is 4.70. The van der Waals surface area contributed by atoms with Crippen LogP contribution in [0, 0.1) is 6.92 Å². The number of aromatic nitrogens is 2. The van der Waals surface area contributed by atoms with E-state index in [0.29, 0.717) is 23.1 Å². The number of carbonyl (C=O) groups excluding carboxylic acids is 1. The van der Waals surface area contributed by atoms with Crippen molar-refractivity contribution in [2.24, 2.45) is 0 Å². The molecular weight excluding hydrogens is 300 g/mol. The Morgan fingerprint density at radius 2 is 2.05 bits per heavy atom. The Bertz CT molecular complexity index is 643. The number of aryl methyl sites for hydroxylation is 1. The average Bonchev–Trinajstić information content (AvgIpc) is 2.52. The van der Waals surface area contributed by atoms with E-state index in [1.54, 1.807) is 12.1 Å². The molecule has 1 aromatic carbocycles. The largest absolute Gasteiger partial charge is 0.351 e. The topological polar surface area (TPSA) is 66.9 Å². The van der Waals surface area contributed by atoms with Gasteiger partial charge in [0.15, 0.2) is 11.5 Å². The van der Waals surface area contributed by atoms with E-state index >= 15 is 0 Å². The van der Waals surface area contributed by atoms with Gasteiger partial charge in [-0.2, -0.15) is 0 Å². The lowest BCUT2D eigenvalue weighted by Gasteiger charge is -2.09. The fourth-order valence-corrected chi connectivity index (χ4v) is 2.03. The molecule has 2 rings (SSSR count). The molecule has 22 heavy (non-hydrogen) atoms. The van der Waals surface area contributed by atoms with Gasteiger partial charge in [-0.15, -0.1) is 10.2 Å². The molecular formula is C16H19ClN4O. The summed E-state index contributed by atoms with van der Waals surface area (Å²) in [5.74, 6) is 0.363. The summed E-state index contributed by atoms with van der Waals surface area (Å²) in [4.78, 5) is 11.8. The molecule has 5 nitrogen and oxygen atoms in total. The Kier molecular flexibility index (Phi) is 5.72. The van der Waals surface area contributed by atoms with E-state index in [2.05, 4.69) is 27.8 Å². The number of halogens is 1. The Morgan fingerprint density at radius 3 is 2.73 bits per heavy atom. The second-order valence-electron chi connectivity index (χ2n) is 5.00. The molecule has 1 heterocycles. The first kappa shape index (κ1) is 16.2. The summed E-state index contributed by atoms with van der Waals surface area (Å²) in [5.41, 5.74) is 2.22. The van der Waals surface area contributed by atoms with Crippen LogP contribution in [-0.2, 0) is 0 Å². The zero-order chi connectivity index (χ0) is 15.9. The van der Waals surface area contributed by atoms with E-state index in [0.717, 1.165) is 24.1 Å². The maximum atomic E-state index is 11.8. The molecule has 0 bridgehead atoms. The van der Waals surface area contributed by atoms with Gasteiger partial charge in [0.2, 0.25) is 0 Å². The number of nitrogens with zero attached hydrogens (tertiary/aromatic N) is 2. The first-order valence-electron chi connectivity index (χ1n) is 7.25. The SMILES string of the molecule is CCCCNC(=O)c1ccc(Nc2cc(Cl)ccc2C)nn1. The summed E-state index contributed by atoms with van der Waals surface area (Å²) in [6, 6.07) is 8.95. The van der Waals surface area contributed by atoms with Crippen LogP contribution in [0.4, 0.5) is 11.5 Å². The fourth-order valence-electron chi connectivity index (χ4n) is 1.86. The molecule has 0 saturated carbocycles. The maximum absolute atomic E-state index is 11.8. The molecule has 6 heteroatoms. The molecule has 0 aliphatic rings. The molecule has 0 radical (unpaired) electrons. The van der Waals surface area contributed by atoms with Gasteiger partial charge in [-0.25, -0.2) is 0 Å². The lowest BCUT2D eigenvalue weighted by Crippen LogP contribution is -2.25. The van der Waals surface area contributed by atoms with Crippen molar-refractivity contribution in [3.8, 4) is 0 Å². The van der Waals surface area contributed by atoms with Crippen LogP contribution >= 0.6 is 11.6 Å². The molecule has 0 aliphatic heterocycles. The predicted octanol–water partition coefficient (Wildman–Crippen LogP) is 3.71. The lowest BCUT2D eigenvalue weighted by molar-refractivity contribution is 0.0947. The molecule has 0 spiro atoms. The molecule has 0 atom stereocenters. The van der Waals surface area contributed by atoms with Gasteiger partial charge < -0.3 is 10.6 Å². The minimum Gasteiger partial charge on any atom is -0.351 e. The van der Waals surface area contributed by atoms with Crippen LogP contribution < -0.4 is 10.6 Å². The summed E-state index contributed by atoms with van der Waals surface area (Å²) in [5, 5.41) is 14.6. The minimum absolute atomic E-state index is 0.202. The molecule has 0 fully saturated rings. The first-order chi connectivity index (χ1) is 10.6. The number of unbranched alkanes of at least 4 members (excludes halogenated alkanes) is 1. The molecule has 2 N–H and O–H groups in total. The second kappa shape index (κ2) is 7.75. The third-order valence-corrected chi connectivity index (χ3v) is 3.41. The molecule has 116 valence electrons.